The number of methoxy groups -OCH3 is 1. The van der Waals surface area contributed by atoms with Crippen LogP contribution in [0.4, 0.5) is 4.79 Å². The van der Waals surface area contributed by atoms with E-state index in [0.29, 0.717) is 19.0 Å². The maximum absolute atomic E-state index is 11.2. The van der Waals surface area contributed by atoms with Gasteiger partial charge >= 0.3 is 6.03 Å². The van der Waals surface area contributed by atoms with Crippen molar-refractivity contribution in [2.75, 3.05) is 19.5 Å². The van der Waals surface area contributed by atoms with Crippen LogP contribution in [0.15, 0.2) is 24.3 Å². The Balaban J connectivity index is 2.38. The molecular formula is C11H15ClN2O2. The first-order valence-electron chi connectivity index (χ1n) is 4.97. The molecule has 0 atom stereocenters. The van der Waals surface area contributed by atoms with Gasteiger partial charge in [0.15, 0.2) is 0 Å². The molecule has 0 aromatic heterocycles. The van der Waals surface area contributed by atoms with E-state index in [-0.39, 0.29) is 6.03 Å². The molecule has 0 heterocycles. The average molecular weight is 243 g/mol. The van der Waals surface area contributed by atoms with Gasteiger partial charge in [0.2, 0.25) is 0 Å². The summed E-state index contributed by atoms with van der Waals surface area (Å²) in [5, 5.41) is 5.34. The highest BCUT2D eigenvalue weighted by atomic mass is 35.5. The van der Waals surface area contributed by atoms with Gasteiger partial charge in [-0.05, 0) is 17.7 Å². The van der Waals surface area contributed by atoms with Crippen molar-refractivity contribution in [3.63, 3.8) is 0 Å². The van der Waals surface area contributed by atoms with Crippen LogP contribution in [0.3, 0.4) is 0 Å². The van der Waals surface area contributed by atoms with Crippen molar-refractivity contribution in [2.45, 2.75) is 6.54 Å². The van der Waals surface area contributed by atoms with Crippen LogP contribution in [0, 0.1) is 0 Å². The SMILES string of the molecule is COc1cccc(CNC(=O)NCCCl)c1. The van der Waals surface area contributed by atoms with Crippen LogP contribution in [0.25, 0.3) is 0 Å². The van der Waals surface area contributed by atoms with Crippen molar-refractivity contribution in [3.05, 3.63) is 29.8 Å². The van der Waals surface area contributed by atoms with Crippen LogP contribution in [0.5, 0.6) is 5.75 Å². The second-order valence-corrected chi connectivity index (χ2v) is 3.53. The first-order valence-corrected chi connectivity index (χ1v) is 5.50. The second-order valence-electron chi connectivity index (χ2n) is 3.15. The quantitative estimate of drug-likeness (QED) is 0.773. The fourth-order valence-corrected chi connectivity index (χ4v) is 1.28. The molecule has 16 heavy (non-hydrogen) atoms. The smallest absolute Gasteiger partial charge is 0.315 e. The standard InChI is InChI=1S/C11H15ClN2O2/c1-16-10-4-2-3-9(7-10)8-14-11(15)13-6-5-12/h2-4,7H,5-6,8H2,1H3,(H2,13,14,15). The molecule has 0 fully saturated rings. The number of urea groups is 1. The molecule has 0 saturated carbocycles. The third-order valence-electron chi connectivity index (χ3n) is 1.97. The van der Waals surface area contributed by atoms with E-state index < -0.39 is 0 Å². The van der Waals surface area contributed by atoms with E-state index in [1.807, 2.05) is 24.3 Å². The van der Waals surface area contributed by atoms with Crippen molar-refractivity contribution < 1.29 is 9.53 Å². The summed E-state index contributed by atoms with van der Waals surface area (Å²) in [5.41, 5.74) is 0.986. The zero-order chi connectivity index (χ0) is 11.8. The molecular weight excluding hydrogens is 228 g/mol. The van der Waals surface area contributed by atoms with Crippen LogP contribution in [-0.4, -0.2) is 25.6 Å². The van der Waals surface area contributed by atoms with Crippen LogP contribution >= 0.6 is 11.6 Å². The predicted octanol–water partition coefficient (Wildman–Crippen LogP) is 1.73. The first-order chi connectivity index (χ1) is 7.76. The van der Waals surface area contributed by atoms with Crippen molar-refractivity contribution in [2.24, 2.45) is 0 Å². The Morgan fingerprint density at radius 2 is 2.25 bits per heavy atom. The second kappa shape index (κ2) is 6.95. The van der Waals surface area contributed by atoms with Gasteiger partial charge in [-0.15, -0.1) is 11.6 Å². The minimum absolute atomic E-state index is 0.219. The molecule has 0 aliphatic carbocycles. The Kier molecular flexibility index (Phi) is 5.50. The third-order valence-corrected chi connectivity index (χ3v) is 2.16. The van der Waals surface area contributed by atoms with Crippen molar-refractivity contribution in [3.8, 4) is 5.75 Å². The number of carbonyl (C=O) groups excluding carboxylic acids is 1. The summed E-state index contributed by atoms with van der Waals surface area (Å²) in [6, 6.07) is 7.32. The zero-order valence-corrected chi connectivity index (χ0v) is 9.88. The fourth-order valence-electron chi connectivity index (χ4n) is 1.19. The number of amides is 2. The Labute approximate surface area is 99.9 Å². The molecule has 2 amide bonds. The van der Waals surface area contributed by atoms with E-state index >= 15 is 0 Å². The number of carbonyl (C=O) groups is 1. The van der Waals surface area contributed by atoms with Gasteiger partial charge in [-0.3, -0.25) is 0 Å². The molecule has 0 aliphatic rings. The number of ether oxygens (including phenoxy) is 1. The molecule has 1 aromatic carbocycles. The summed E-state index contributed by atoms with van der Waals surface area (Å²) >= 11 is 5.44. The van der Waals surface area contributed by atoms with Crippen LogP contribution < -0.4 is 15.4 Å². The van der Waals surface area contributed by atoms with Crippen LogP contribution in [-0.2, 0) is 6.54 Å². The fraction of sp³-hybridized carbons (Fsp3) is 0.364. The summed E-state index contributed by atoms with van der Waals surface area (Å²) in [7, 11) is 1.61. The Morgan fingerprint density at radius 3 is 2.94 bits per heavy atom. The maximum atomic E-state index is 11.2. The van der Waals surface area contributed by atoms with E-state index in [1.165, 1.54) is 0 Å². The Bertz CT molecular complexity index is 345. The lowest BCUT2D eigenvalue weighted by Gasteiger charge is -2.07. The van der Waals surface area contributed by atoms with Gasteiger partial charge in [-0.1, -0.05) is 12.1 Å². The minimum Gasteiger partial charge on any atom is -0.497 e. The number of alkyl halides is 1. The van der Waals surface area contributed by atoms with Crippen molar-refractivity contribution in [1.29, 1.82) is 0 Å². The van der Waals surface area contributed by atoms with E-state index in [9.17, 15) is 4.79 Å². The van der Waals surface area contributed by atoms with Crippen molar-refractivity contribution in [1.82, 2.24) is 10.6 Å². The summed E-state index contributed by atoms with van der Waals surface area (Å²) in [6.45, 7) is 0.927. The summed E-state index contributed by atoms with van der Waals surface area (Å²) in [5.74, 6) is 1.19. The van der Waals surface area contributed by atoms with Gasteiger partial charge in [0.1, 0.15) is 5.75 Å². The van der Waals surface area contributed by atoms with Gasteiger partial charge in [-0.25, -0.2) is 4.79 Å². The molecule has 0 radical (unpaired) electrons. The topological polar surface area (TPSA) is 50.4 Å². The lowest BCUT2D eigenvalue weighted by Crippen LogP contribution is -2.36. The normalized spacial score (nSPS) is 9.62. The Hall–Kier alpha value is -1.42. The van der Waals surface area contributed by atoms with Gasteiger partial charge in [0, 0.05) is 19.0 Å². The average Bonchev–Trinajstić information content (AvgIpc) is 2.34. The number of nitrogens with one attached hydrogen (secondary N) is 2. The number of benzene rings is 1. The summed E-state index contributed by atoms with van der Waals surface area (Å²) in [4.78, 5) is 11.2. The number of hydrogen-bond acceptors (Lipinski definition) is 2. The van der Waals surface area contributed by atoms with Crippen LogP contribution in [0.1, 0.15) is 5.56 Å². The zero-order valence-electron chi connectivity index (χ0n) is 9.13. The molecule has 0 saturated heterocycles. The third kappa shape index (κ3) is 4.40. The molecule has 2 N–H and O–H groups in total. The molecule has 88 valence electrons. The van der Waals surface area contributed by atoms with Crippen molar-refractivity contribution >= 4 is 17.6 Å². The predicted molar refractivity (Wildman–Crippen MR) is 64.0 cm³/mol. The number of rotatable bonds is 5. The Morgan fingerprint density at radius 1 is 1.44 bits per heavy atom. The highest BCUT2D eigenvalue weighted by molar-refractivity contribution is 6.18. The summed E-state index contributed by atoms with van der Waals surface area (Å²) < 4.78 is 5.08. The summed E-state index contributed by atoms with van der Waals surface area (Å²) in [6.07, 6.45) is 0. The molecule has 1 aromatic rings. The van der Waals surface area contributed by atoms with E-state index in [0.717, 1.165) is 11.3 Å². The lowest BCUT2D eigenvalue weighted by molar-refractivity contribution is 0.241. The van der Waals surface area contributed by atoms with E-state index in [2.05, 4.69) is 10.6 Å². The van der Waals surface area contributed by atoms with Gasteiger partial charge < -0.3 is 15.4 Å². The van der Waals surface area contributed by atoms with Gasteiger partial charge in [0.25, 0.3) is 0 Å². The highest BCUT2D eigenvalue weighted by Crippen LogP contribution is 2.11. The largest absolute Gasteiger partial charge is 0.497 e. The maximum Gasteiger partial charge on any atom is 0.315 e. The monoisotopic (exact) mass is 242 g/mol. The van der Waals surface area contributed by atoms with Gasteiger partial charge in [-0.2, -0.15) is 0 Å². The molecule has 0 spiro atoms. The van der Waals surface area contributed by atoms with E-state index in [4.69, 9.17) is 16.3 Å². The number of halogens is 1. The lowest BCUT2D eigenvalue weighted by atomic mass is 10.2. The van der Waals surface area contributed by atoms with Crippen LogP contribution in [0.2, 0.25) is 0 Å². The molecule has 0 bridgehead atoms. The van der Waals surface area contributed by atoms with Gasteiger partial charge in [0.05, 0.1) is 7.11 Å². The highest BCUT2D eigenvalue weighted by Gasteiger charge is 2.00. The molecule has 1 rings (SSSR count). The molecule has 0 unspecified atom stereocenters. The molecule has 0 aliphatic heterocycles. The minimum atomic E-state index is -0.219. The molecule has 4 nitrogen and oxygen atoms in total. The number of hydrogen-bond donors (Lipinski definition) is 2. The first kappa shape index (κ1) is 12.6. The van der Waals surface area contributed by atoms with E-state index in [1.54, 1.807) is 7.11 Å². The molecule has 5 heteroatoms.